The van der Waals surface area contributed by atoms with Crippen LogP contribution in [0.2, 0.25) is 0 Å². The topological polar surface area (TPSA) is 16.1 Å². The number of piperidine rings is 1. The molecule has 0 saturated carbocycles. The van der Waals surface area contributed by atoms with Crippen molar-refractivity contribution in [2.75, 3.05) is 18.0 Å². The Balaban J connectivity index is 1.56. The molecule has 0 bridgehead atoms. The summed E-state index contributed by atoms with van der Waals surface area (Å²) in [5.41, 5.74) is 2.23. The molecule has 24 heavy (non-hydrogen) atoms. The van der Waals surface area contributed by atoms with Crippen molar-refractivity contribution in [3.8, 4) is 0 Å². The van der Waals surface area contributed by atoms with Crippen LogP contribution in [0.3, 0.4) is 0 Å². The van der Waals surface area contributed by atoms with E-state index in [2.05, 4.69) is 77.7 Å². The molecule has 0 radical (unpaired) electrons. The van der Waals surface area contributed by atoms with E-state index >= 15 is 0 Å². The van der Waals surface area contributed by atoms with Gasteiger partial charge in [-0.3, -0.25) is 0 Å². The smallest absolute Gasteiger partial charge is 0.129 e. The normalized spacial score (nSPS) is 15.2. The molecule has 2 nitrogen and oxygen atoms in total. The van der Waals surface area contributed by atoms with E-state index in [-0.39, 0.29) is 0 Å². The Hall–Kier alpha value is -2.61. The average Bonchev–Trinajstić information content (AvgIpc) is 2.67. The standard InChI is InChI=1S/C22H22N2/c1-4-15-24(16-5-1)22-10-6-9-21(23-22)14-12-18-11-13-19-7-2-3-8-20(19)17-18/h2-3,6-14,17H,1,4-5,15-16H2/b14-12+. The van der Waals surface area contributed by atoms with E-state index < -0.39 is 0 Å². The summed E-state index contributed by atoms with van der Waals surface area (Å²) in [6.45, 7) is 2.26. The lowest BCUT2D eigenvalue weighted by atomic mass is 10.1. The second-order valence-electron chi connectivity index (χ2n) is 6.41. The van der Waals surface area contributed by atoms with Crippen molar-refractivity contribution in [3.63, 3.8) is 0 Å². The highest BCUT2D eigenvalue weighted by Gasteiger charge is 2.11. The first-order valence-electron chi connectivity index (χ1n) is 8.77. The molecule has 0 N–H and O–H groups in total. The van der Waals surface area contributed by atoms with Gasteiger partial charge in [-0.2, -0.15) is 0 Å². The molecule has 0 amide bonds. The number of benzene rings is 2. The number of anilines is 1. The minimum atomic E-state index is 1.02. The lowest BCUT2D eigenvalue weighted by molar-refractivity contribution is 0.573. The van der Waals surface area contributed by atoms with E-state index in [0.717, 1.165) is 24.6 Å². The number of pyridine rings is 1. The summed E-state index contributed by atoms with van der Waals surface area (Å²) < 4.78 is 0. The summed E-state index contributed by atoms with van der Waals surface area (Å²) in [5.74, 6) is 1.11. The zero-order chi connectivity index (χ0) is 16.2. The van der Waals surface area contributed by atoms with Gasteiger partial charge in [0.15, 0.2) is 0 Å². The maximum atomic E-state index is 4.81. The highest BCUT2D eigenvalue weighted by Crippen LogP contribution is 2.20. The number of nitrogens with zero attached hydrogens (tertiary/aromatic N) is 2. The van der Waals surface area contributed by atoms with Gasteiger partial charge < -0.3 is 4.90 Å². The molecule has 1 aromatic heterocycles. The Kier molecular flexibility index (Phi) is 4.28. The summed E-state index contributed by atoms with van der Waals surface area (Å²) in [6, 6.07) is 21.3. The predicted octanol–water partition coefficient (Wildman–Crippen LogP) is 5.40. The number of hydrogen-bond acceptors (Lipinski definition) is 2. The second-order valence-corrected chi connectivity index (χ2v) is 6.41. The molecule has 1 saturated heterocycles. The molecular weight excluding hydrogens is 292 g/mol. The Morgan fingerprint density at radius 1 is 0.750 bits per heavy atom. The van der Waals surface area contributed by atoms with Gasteiger partial charge in [-0.25, -0.2) is 4.98 Å². The lowest BCUT2D eigenvalue weighted by Gasteiger charge is -2.27. The molecule has 120 valence electrons. The van der Waals surface area contributed by atoms with E-state index in [1.165, 1.54) is 35.6 Å². The molecule has 1 aliphatic rings. The van der Waals surface area contributed by atoms with Crippen LogP contribution < -0.4 is 4.90 Å². The SMILES string of the molecule is C(=C\c1cccc(N2CCCCC2)n1)/c1ccc2ccccc2c1. The van der Waals surface area contributed by atoms with E-state index in [0.29, 0.717) is 0 Å². The largest absolute Gasteiger partial charge is 0.357 e. The maximum absolute atomic E-state index is 4.81. The molecule has 2 heteroatoms. The molecule has 2 aromatic carbocycles. The molecule has 4 rings (SSSR count). The van der Waals surface area contributed by atoms with Crippen LogP contribution in [0.15, 0.2) is 60.7 Å². The predicted molar refractivity (Wildman–Crippen MR) is 103 cm³/mol. The van der Waals surface area contributed by atoms with Gasteiger partial charge in [-0.15, -0.1) is 0 Å². The molecule has 0 aliphatic carbocycles. The second kappa shape index (κ2) is 6.88. The fraction of sp³-hybridized carbons (Fsp3) is 0.227. The molecule has 3 aromatic rings. The number of rotatable bonds is 3. The number of hydrogen-bond donors (Lipinski definition) is 0. The fourth-order valence-corrected chi connectivity index (χ4v) is 3.32. The lowest BCUT2D eigenvalue weighted by Crippen LogP contribution is -2.30. The third kappa shape index (κ3) is 3.33. The summed E-state index contributed by atoms with van der Waals surface area (Å²) in [5, 5.41) is 2.55. The van der Waals surface area contributed by atoms with Crippen LogP contribution in [0, 0.1) is 0 Å². The summed E-state index contributed by atoms with van der Waals surface area (Å²) in [4.78, 5) is 7.21. The van der Waals surface area contributed by atoms with Gasteiger partial charge in [0.25, 0.3) is 0 Å². The number of aromatic nitrogens is 1. The van der Waals surface area contributed by atoms with Gasteiger partial charge in [0.2, 0.25) is 0 Å². The van der Waals surface area contributed by atoms with Crippen LogP contribution in [-0.4, -0.2) is 18.1 Å². The van der Waals surface area contributed by atoms with Crippen molar-refractivity contribution >= 4 is 28.7 Å². The Bertz CT molecular complexity index is 860. The maximum Gasteiger partial charge on any atom is 0.129 e. The number of fused-ring (bicyclic) bond motifs is 1. The van der Waals surface area contributed by atoms with Crippen molar-refractivity contribution in [3.05, 3.63) is 71.9 Å². The van der Waals surface area contributed by atoms with E-state index in [4.69, 9.17) is 4.98 Å². The quantitative estimate of drug-likeness (QED) is 0.644. The van der Waals surface area contributed by atoms with Gasteiger partial charge in [-0.1, -0.05) is 48.5 Å². The van der Waals surface area contributed by atoms with E-state index in [1.807, 2.05) is 0 Å². The molecular formula is C22H22N2. The van der Waals surface area contributed by atoms with Gasteiger partial charge in [-0.05, 0) is 59.9 Å². The van der Waals surface area contributed by atoms with Crippen molar-refractivity contribution in [1.82, 2.24) is 4.98 Å². The Labute approximate surface area is 143 Å². The molecule has 2 heterocycles. The van der Waals surface area contributed by atoms with Crippen molar-refractivity contribution < 1.29 is 0 Å². The molecule has 0 atom stereocenters. The first kappa shape index (κ1) is 14.9. The minimum Gasteiger partial charge on any atom is -0.357 e. The van der Waals surface area contributed by atoms with Crippen LogP contribution >= 0.6 is 0 Å². The minimum absolute atomic E-state index is 1.02. The monoisotopic (exact) mass is 314 g/mol. The molecule has 1 fully saturated rings. The zero-order valence-electron chi connectivity index (χ0n) is 13.9. The van der Waals surface area contributed by atoms with Gasteiger partial charge >= 0.3 is 0 Å². The van der Waals surface area contributed by atoms with Crippen LogP contribution in [-0.2, 0) is 0 Å². The van der Waals surface area contributed by atoms with Gasteiger partial charge in [0.1, 0.15) is 5.82 Å². The third-order valence-electron chi connectivity index (χ3n) is 4.66. The third-order valence-corrected chi connectivity index (χ3v) is 4.66. The van der Waals surface area contributed by atoms with Crippen molar-refractivity contribution in [1.29, 1.82) is 0 Å². The van der Waals surface area contributed by atoms with Crippen LogP contribution in [0.4, 0.5) is 5.82 Å². The summed E-state index contributed by atoms with van der Waals surface area (Å²) in [7, 11) is 0. The van der Waals surface area contributed by atoms with Gasteiger partial charge in [0.05, 0.1) is 5.69 Å². The highest BCUT2D eigenvalue weighted by molar-refractivity contribution is 5.85. The van der Waals surface area contributed by atoms with E-state index in [1.54, 1.807) is 0 Å². The van der Waals surface area contributed by atoms with Crippen molar-refractivity contribution in [2.45, 2.75) is 19.3 Å². The Morgan fingerprint density at radius 3 is 2.46 bits per heavy atom. The van der Waals surface area contributed by atoms with Crippen LogP contribution in [0.5, 0.6) is 0 Å². The van der Waals surface area contributed by atoms with Gasteiger partial charge in [0, 0.05) is 13.1 Å². The summed E-state index contributed by atoms with van der Waals surface area (Å²) >= 11 is 0. The first-order valence-corrected chi connectivity index (χ1v) is 8.77. The Morgan fingerprint density at radius 2 is 1.58 bits per heavy atom. The first-order chi connectivity index (χ1) is 11.9. The molecule has 0 spiro atoms. The summed E-state index contributed by atoms with van der Waals surface area (Å²) in [6.07, 6.45) is 8.15. The highest BCUT2D eigenvalue weighted by atomic mass is 15.2. The molecule has 1 aliphatic heterocycles. The average molecular weight is 314 g/mol. The van der Waals surface area contributed by atoms with E-state index in [9.17, 15) is 0 Å². The zero-order valence-corrected chi connectivity index (χ0v) is 13.9. The van der Waals surface area contributed by atoms with Crippen LogP contribution in [0.1, 0.15) is 30.5 Å². The van der Waals surface area contributed by atoms with Crippen molar-refractivity contribution in [2.24, 2.45) is 0 Å². The fourth-order valence-electron chi connectivity index (χ4n) is 3.32. The molecule has 0 unspecified atom stereocenters. The van der Waals surface area contributed by atoms with Crippen LogP contribution in [0.25, 0.3) is 22.9 Å².